The first-order valence-corrected chi connectivity index (χ1v) is 7.99. The second-order valence-corrected chi connectivity index (χ2v) is 6.65. The number of quaternary nitrogens is 1. The Morgan fingerprint density at radius 2 is 2.14 bits per heavy atom. The number of hydrogen-bond acceptors (Lipinski definition) is 3. The van der Waals surface area contributed by atoms with E-state index in [1.54, 1.807) is 4.90 Å². The predicted octanol–water partition coefficient (Wildman–Crippen LogP) is 0.336. The van der Waals surface area contributed by atoms with E-state index >= 15 is 0 Å². The van der Waals surface area contributed by atoms with Crippen LogP contribution in [0.3, 0.4) is 0 Å². The second kappa shape index (κ2) is 5.82. The molecule has 0 aliphatic carbocycles. The van der Waals surface area contributed by atoms with Gasteiger partial charge in [-0.3, -0.25) is 14.5 Å². The average Bonchev–Trinajstić information content (AvgIpc) is 2.72. The van der Waals surface area contributed by atoms with E-state index in [1.165, 1.54) is 0 Å². The molecule has 0 bridgehead atoms. The van der Waals surface area contributed by atoms with Gasteiger partial charge >= 0.3 is 5.91 Å². The average molecular weight is 303 g/mol. The Bertz CT molecular complexity index is 612. The fraction of sp³-hybridized carbons (Fsp3) is 0.529. The molecule has 0 saturated carbocycles. The van der Waals surface area contributed by atoms with Crippen LogP contribution in [0.25, 0.3) is 0 Å². The van der Waals surface area contributed by atoms with Crippen molar-refractivity contribution in [2.75, 3.05) is 24.7 Å². The van der Waals surface area contributed by atoms with Gasteiger partial charge in [-0.1, -0.05) is 19.9 Å². The number of aliphatic hydroxyl groups excluding tert-OH is 1. The summed E-state index contributed by atoms with van der Waals surface area (Å²) in [5, 5.41) is 9.77. The summed E-state index contributed by atoms with van der Waals surface area (Å²) in [4.78, 5) is 27.3. The molecule has 2 aliphatic heterocycles. The highest BCUT2D eigenvalue weighted by molar-refractivity contribution is 6.52. The maximum absolute atomic E-state index is 12.3. The number of aliphatic hydroxyl groups is 1. The van der Waals surface area contributed by atoms with Crippen LogP contribution in [-0.2, 0) is 4.79 Å². The minimum atomic E-state index is -0.441. The molecule has 2 heterocycles. The van der Waals surface area contributed by atoms with Crippen molar-refractivity contribution in [2.45, 2.75) is 38.7 Å². The molecule has 5 nitrogen and oxygen atoms in total. The van der Waals surface area contributed by atoms with Gasteiger partial charge in [0.25, 0.3) is 5.78 Å². The number of Topliss-reactive ketones (excluding diaryl/α,β-unsaturated/α-hetero) is 1. The maximum atomic E-state index is 12.3. The Kier molecular flexibility index (Phi) is 4.02. The van der Waals surface area contributed by atoms with Crippen LogP contribution in [0.5, 0.6) is 0 Å². The topological polar surface area (TPSA) is 62.0 Å². The molecule has 5 heteroatoms. The molecule has 0 radical (unpaired) electrons. The van der Waals surface area contributed by atoms with Crippen LogP contribution in [0.4, 0.5) is 5.69 Å². The highest BCUT2D eigenvalue weighted by atomic mass is 16.3. The second-order valence-electron chi connectivity index (χ2n) is 6.65. The van der Waals surface area contributed by atoms with E-state index in [-0.39, 0.29) is 6.10 Å². The largest absolute Gasteiger partial charge is 0.387 e. The lowest BCUT2D eigenvalue weighted by atomic mass is 9.99. The first kappa shape index (κ1) is 15.2. The number of anilines is 1. The van der Waals surface area contributed by atoms with Crippen LogP contribution < -0.4 is 9.80 Å². The van der Waals surface area contributed by atoms with E-state index in [2.05, 4.69) is 13.8 Å². The van der Waals surface area contributed by atoms with Gasteiger partial charge in [-0.05, 0) is 36.5 Å². The number of nitrogens with one attached hydrogen (secondary N) is 1. The molecule has 2 N–H and O–H groups in total. The smallest absolute Gasteiger partial charge is 0.303 e. The standard InChI is InChI=1S/C17H22N2O3/c1-11(2)12-5-6-15-14(8-12)16(21)17(22)19(15)10-18-7-3-4-13(20)9-18/h5-6,8,11,13,20H,3-4,7,9-10H2,1-2H3/p+1/t13-/m1/s1. The minimum absolute atomic E-state index is 0.306. The first-order valence-electron chi connectivity index (χ1n) is 7.99. The number of ketones is 1. The molecular formula is C17H23N2O3+. The van der Waals surface area contributed by atoms with Crippen LogP contribution in [0.1, 0.15) is 48.5 Å². The molecule has 1 aromatic rings. The van der Waals surface area contributed by atoms with E-state index in [1.807, 2.05) is 18.2 Å². The van der Waals surface area contributed by atoms with Crippen LogP contribution in [0, 0.1) is 0 Å². The van der Waals surface area contributed by atoms with Crippen molar-refractivity contribution in [2.24, 2.45) is 0 Å². The minimum Gasteiger partial charge on any atom is -0.387 e. The van der Waals surface area contributed by atoms with Gasteiger partial charge < -0.3 is 10.0 Å². The highest BCUT2D eigenvalue weighted by Crippen LogP contribution is 2.31. The van der Waals surface area contributed by atoms with Crippen LogP contribution in [0.15, 0.2) is 18.2 Å². The number of carbonyl (C=O) groups excluding carboxylic acids is 2. The van der Waals surface area contributed by atoms with Crippen LogP contribution in [-0.4, -0.2) is 42.7 Å². The monoisotopic (exact) mass is 303 g/mol. The van der Waals surface area contributed by atoms with E-state index < -0.39 is 11.7 Å². The Morgan fingerprint density at radius 1 is 1.36 bits per heavy atom. The molecule has 2 aliphatic rings. The zero-order valence-electron chi connectivity index (χ0n) is 13.1. The summed E-state index contributed by atoms with van der Waals surface area (Å²) in [5.74, 6) is -0.525. The van der Waals surface area contributed by atoms with Crippen molar-refractivity contribution in [1.82, 2.24) is 0 Å². The number of rotatable bonds is 3. The third-order valence-electron chi connectivity index (χ3n) is 4.64. The first-order chi connectivity index (χ1) is 10.5. The van der Waals surface area contributed by atoms with Crippen molar-refractivity contribution in [3.63, 3.8) is 0 Å². The summed E-state index contributed by atoms with van der Waals surface area (Å²) < 4.78 is 0. The highest BCUT2D eigenvalue weighted by Gasteiger charge is 2.38. The molecule has 22 heavy (non-hydrogen) atoms. The summed E-state index contributed by atoms with van der Waals surface area (Å²) in [6.07, 6.45) is 1.47. The number of carbonyl (C=O) groups is 2. The van der Waals surface area contributed by atoms with Crippen molar-refractivity contribution in [1.29, 1.82) is 0 Å². The molecular weight excluding hydrogens is 280 g/mol. The fourth-order valence-corrected chi connectivity index (χ4v) is 3.33. The van der Waals surface area contributed by atoms with Crippen LogP contribution in [0.2, 0.25) is 0 Å². The van der Waals surface area contributed by atoms with Crippen LogP contribution >= 0.6 is 0 Å². The SMILES string of the molecule is CC(C)c1ccc2c(c1)C(=O)C(=O)N2C[NH+]1CCC[C@@H](O)C1. The summed E-state index contributed by atoms with van der Waals surface area (Å²) in [5.41, 5.74) is 2.31. The third-order valence-corrected chi connectivity index (χ3v) is 4.64. The molecule has 1 fully saturated rings. The summed E-state index contributed by atoms with van der Waals surface area (Å²) in [6.45, 7) is 6.15. The Labute approximate surface area is 130 Å². The number of hydrogen-bond donors (Lipinski definition) is 2. The number of benzene rings is 1. The number of fused-ring (bicyclic) bond motifs is 1. The van der Waals surface area contributed by atoms with E-state index in [4.69, 9.17) is 0 Å². The number of nitrogens with zero attached hydrogens (tertiary/aromatic N) is 1. The van der Waals surface area contributed by atoms with Crippen molar-refractivity contribution in [3.05, 3.63) is 29.3 Å². The molecule has 118 valence electrons. The molecule has 2 atom stereocenters. The van der Waals surface area contributed by atoms with Gasteiger partial charge in [-0.25, -0.2) is 0 Å². The van der Waals surface area contributed by atoms with Gasteiger partial charge in [0.1, 0.15) is 12.6 Å². The molecule has 1 unspecified atom stereocenters. The number of piperidine rings is 1. The normalized spacial score (nSPS) is 25.0. The van der Waals surface area contributed by atoms with E-state index in [0.29, 0.717) is 30.4 Å². The summed E-state index contributed by atoms with van der Waals surface area (Å²) in [6, 6.07) is 5.72. The van der Waals surface area contributed by atoms with Gasteiger partial charge in [-0.2, -0.15) is 0 Å². The lowest BCUT2D eigenvalue weighted by molar-refractivity contribution is -0.907. The fourth-order valence-electron chi connectivity index (χ4n) is 3.33. The van der Waals surface area contributed by atoms with Gasteiger partial charge in [0.2, 0.25) is 0 Å². The molecule has 1 saturated heterocycles. The lowest BCUT2D eigenvalue weighted by Gasteiger charge is -2.30. The van der Waals surface area contributed by atoms with Crippen molar-refractivity contribution in [3.8, 4) is 0 Å². The van der Waals surface area contributed by atoms with Gasteiger partial charge in [0.05, 0.1) is 17.8 Å². The lowest BCUT2D eigenvalue weighted by Crippen LogP contribution is -3.15. The Balaban J connectivity index is 1.85. The summed E-state index contributed by atoms with van der Waals surface area (Å²) in [7, 11) is 0. The Morgan fingerprint density at radius 3 is 2.82 bits per heavy atom. The van der Waals surface area contributed by atoms with E-state index in [0.717, 1.165) is 29.8 Å². The number of likely N-dealkylation sites (tertiary alicyclic amines) is 1. The Hall–Kier alpha value is -1.72. The molecule has 0 aromatic heterocycles. The third kappa shape index (κ3) is 2.66. The zero-order valence-corrected chi connectivity index (χ0v) is 13.1. The maximum Gasteiger partial charge on any atom is 0.303 e. The van der Waals surface area contributed by atoms with Crippen molar-refractivity contribution < 1.29 is 19.6 Å². The summed E-state index contributed by atoms with van der Waals surface area (Å²) >= 11 is 0. The zero-order chi connectivity index (χ0) is 15.9. The molecule has 0 spiro atoms. The predicted molar refractivity (Wildman–Crippen MR) is 83.2 cm³/mol. The van der Waals surface area contributed by atoms with Crippen molar-refractivity contribution >= 4 is 17.4 Å². The number of amides is 1. The molecule has 1 amide bonds. The van der Waals surface area contributed by atoms with E-state index in [9.17, 15) is 14.7 Å². The van der Waals surface area contributed by atoms with Gasteiger partial charge in [0, 0.05) is 0 Å². The quantitative estimate of drug-likeness (QED) is 0.792. The molecule has 3 rings (SSSR count). The van der Waals surface area contributed by atoms with Gasteiger partial charge in [-0.15, -0.1) is 0 Å². The molecule has 1 aromatic carbocycles. The van der Waals surface area contributed by atoms with Gasteiger partial charge in [0.15, 0.2) is 6.67 Å².